The van der Waals surface area contributed by atoms with E-state index in [9.17, 15) is 0 Å². The van der Waals surface area contributed by atoms with Crippen LogP contribution in [0.5, 0.6) is 0 Å². The van der Waals surface area contributed by atoms with Crippen molar-refractivity contribution in [3.8, 4) is 6.07 Å². The van der Waals surface area contributed by atoms with Gasteiger partial charge in [-0.15, -0.1) is 0 Å². The van der Waals surface area contributed by atoms with Gasteiger partial charge in [0.25, 0.3) is 0 Å². The summed E-state index contributed by atoms with van der Waals surface area (Å²) < 4.78 is 1.74. The van der Waals surface area contributed by atoms with Gasteiger partial charge in [0.2, 0.25) is 0 Å². The molecule has 0 N–H and O–H groups in total. The predicted molar refractivity (Wildman–Crippen MR) is 66.2 cm³/mol. The molecule has 2 aromatic rings. The minimum Gasteiger partial charge on any atom is -0.267 e. The van der Waals surface area contributed by atoms with Crippen LogP contribution in [0.25, 0.3) is 10.9 Å². The van der Waals surface area contributed by atoms with Gasteiger partial charge in [-0.05, 0) is 24.1 Å². The molecule has 0 unspecified atom stereocenters. The maximum absolute atomic E-state index is 8.89. The Bertz CT molecular complexity index is 518. The first-order valence-electron chi connectivity index (χ1n) is 5.62. The van der Waals surface area contributed by atoms with Crippen LogP contribution >= 0.6 is 0 Å². The van der Waals surface area contributed by atoms with Gasteiger partial charge in [0.1, 0.15) is 6.07 Å². The molecule has 0 saturated heterocycles. The lowest BCUT2D eigenvalue weighted by Gasteiger charge is -1.97. The minimum atomic E-state index is 0.512. The van der Waals surface area contributed by atoms with Crippen LogP contribution in [0.1, 0.15) is 32.0 Å². The molecule has 0 spiro atoms. The number of fused-ring (bicyclic) bond motifs is 1. The fraction of sp³-hybridized carbons (Fsp3) is 0.385. The van der Waals surface area contributed by atoms with Crippen molar-refractivity contribution >= 4 is 10.9 Å². The minimum absolute atomic E-state index is 0.512. The molecule has 0 amide bonds. The zero-order valence-corrected chi connectivity index (χ0v) is 10.3. The average Bonchev–Trinajstić information content (AvgIpc) is 2.68. The largest absolute Gasteiger partial charge is 0.267 e. The lowest BCUT2D eigenvalue weighted by atomic mass is 10.1. The van der Waals surface area contributed by atoms with E-state index in [0.29, 0.717) is 5.69 Å². The maximum atomic E-state index is 8.89. The molecule has 0 aliphatic heterocycles. The number of hydrogen-bond donors (Lipinski definition) is 0. The smallest absolute Gasteiger partial charge is 0.170 e. The second kappa shape index (κ2) is 5.32. The molecule has 1 heterocycles. The predicted octanol–water partition coefficient (Wildman–Crippen LogP) is 3.03. The summed E-state index contributed by atoms with van der Waals surface area (Å²) >= 11 is 0. The molecule has 84 valence electrons. The number of aryl methyl sites for hydroxylation is 2. The molecule has 0 fully saturated rings. The molecule has 16 heavy (non-hydrogen) atoms. The van der Waals surface area contributed by atoms with E-state index in [2.05, 4.69) is 24.2 Å². The standard InChI is InChI=1S/C11H11N3.C2H6/c1-3-8-4-5-11-9(6-8)10(7-12)13-14(11)2;1-2/h4-6H,3H2,1-2H3;1-2H3. The number of aromatic nitrogens is 2. The third-order valence-corrected chi connectivity index (χ3v) is 2.43. The highest BCUT2D eigenvalue weighted by molar-refractivity contribution is 5.84. The van der Waals surface area contributed by atoms with E-state index < -0.39 is 0 Å². The Balaban J connectivity index is 0.000000606. The molecule has 0 bridgehead atoms. The van der Waals surface area contributed by atoms with Crippen molar-refractivity contribution < 1.29 is 0 Å². The van der Waals surface area contributed by atoms with E-state index in [-0.39, 0.29) is 0 Å². The van der Waals surface area contributed by atoms with Gasteiger partial charge in [0.05, 0.1) is 5.52 Å². The topological polar surface area (TPSA) is 41.6 Å². The van der Waals surface area contributed by atoms with Crippen LogP contribution < -0.4 is 0 Å². The molecule has 0 aliphatic carbocycles. The molecule has 0 atom stereocenters. The molecule has 0 saturated carbocycles. The Morgan fingerprint density at radius 2 is 2.06 bits per heavy atom. The maximum Gasteiger partial charge on any atom is 0.170 e. The third kappa shape index (κ3) is 2.06. The van der Waals surface area contributed by atoms with Gasteiger partial charge >= 0.3 is 0 Å². The molecule has 1 aromatic carbocycles. The fourth-order valence-electron chi connectivity index (χ4n) is 1.62. The van der Waals surface area contributed by atoms with Crippen LogP contribution in [0.2, 0.25) is 0 Å². The Labute approximate surface area is 96.3 Å². The van der Waals surface area contributed by atoms with Crippen LogP contribution in [0.3, 0.4) is 0 Å². The molecule has 3 heteroatoms. The monoisotopic (exact) mass is 215 g/mol. The van der Waals surface area contributed by atoms with Crippen LogP contribution in [0, 0.1) is 11.3 Å². The second-order valence-corrected chi connectivity index (χ2v) is 3.29. The Morgan fingerprint density at radius 1 is 1.38 bits per heavy atom. The molecule has 1 aromatic heterocycles. The number of nitriles is 1. The summed E-state index contributed by atoms with van der Waals surface area (Å²) in [6.07, 6.45) is 0.982. The van der Waals surface area contributed by atoms with E-state index in [4.69, 9.17) is 5.26 Å². The first-order chi connectivity index (χ1) is 7.76. The Hall–Kier alpha value is -1.82. The first kappa shape index (κ1) is 12.3. The van der Waals surface area contributed by atoms with Gasteiger partial charge < -0.3 is 0 Å². The highest BCUT2D eigenvalue weighted by Crippen LogP contribution is 2.19. The summed E-state index contributed by atoms with van der Waals surface area (Å²) in [5, 5.41) is 14.0. The third-order valence-electron chi connectivity index (χ3n) is 2.43. The average molecular weight is 215 g/mol. The van der Waals surface area contributed by atoms with Crippen molar-refractivity contribution in [2.24, 2.45) is 7.05 Å². The fourth-order valence-corrected chi connectivity index (χ4v) is 1.62. The Morgan fingerprint density at radius 3 is 2.62 bits per heavy atom. The van der Waals surface area contributed by atoms with Crippen molar-refractivity contribution in [2.75, 3.05) is 0 Å². The highest BCUT2D eigenvalue weighted by Gasteiger charge is 2.07. The summed E-state index contributed by atoms with van der Waals surface area (Å²) in [6, 6.07) is 8.24. The molecule has 2 rings (SSSR count). The second-order valence-electron chi connectivity index (χ2n) is 3.29. The van der Waals surface area contributed by atoms with Crippen molar-refractivity contribution in [2.45, 2.75) is 27.2 Å². The van der Waals surface area contributed by atoms with E-state index in [1.54, 1.807) is 4.68 Å². The van der Waals surface area contributed by atoms with Crippen LogP contribution in [0.4, 0.5) is 0 Å². The zero-order valence-electron chi connectivity index (χ0n) is 10.3. The molecule has 3 nitrogen and oxygen atoms in total. The SMILES string of the molecule is CC.CCc1ccc2c(c1)c(C#N)nn2C. The zero-order chi connectivity index (χ0) is 12.1. The summed E-state index contributed by atoms with van der Waals surface area (Å²) in [5.41, 5.74) is 2.76. The van der Waals surface area contributed by atoms with E-state index in [1.807, 2.05) is 33.0 Å². The summed E-state index contributed by atoms with van der Waals surface area (Å²) in [5.74, 6) is 0. The van der Waals surface area contributed by atoms with Crippen LogP contribution in [-0.4, -0.2) is 9.78 Å². The highest BCUT2D eigenvalue weighted by atomic mass is 15.3. The van der Waals surface area contributed by atoms with Crippen LogP contribution in [-0.2, 0) is 13.5 Å². The van der Waals surface area contributed by atoms with Gasteiger partial charge in [-0.25, -0.2) is 0 Å². The molecular weight excluding hydrogens is 198 g/mol. The molecular formula is C13H17N3. The Kier molecular flexibility index (Phi) is 4.07. The summed E-state index contributed by atoms with van der Waals surface area (Å²) in [6.45, 7) is 6.10. The number of hydrogen-bond acceptors (Lipinski definition) is 2. The van der Waals surface area contributed by atoms with E-state index in [0.717, 1.165) is 17.3 Å². The normalized spacial score (nSPS) is 9.44. The number of nitrogens with zero attached hydrogens (tertiary/aromatic N) is 3. The van der Waals surface area contributed by atoms with E-state index >= 15 is 0 Å². The van der Waals surface area contributed by atoms with Gasteiger partial charge in [-0.3, -0.25) is 4.68 Å². The quantitative estimate of drug-likeness (QED) is 0.733. The lowest BCUT2D eigenvalue weighted by Crippen LogP contribution is -1.89. The number of rotatable bonds is 1. The lowest BCUT2D eigenvalue weighted by molar-refractivity contribution is 0.791. The van der Waals surface area contributed by atoms with Crippen molar-refractivity contribution in [3.63, 3.8) is 0 Å². The van der Waals surface area contributed by atoms with Crippen molar-refractivity contribution in [1.29, 1.82) is 5.26 Å². The molecule has 0 radical (unpaired) electrons. The van der Waals surface area contributed by atoms with Gasteiger partial charge in [0, 0.05) is 12.4 Å². The van der Waals surface area contributed by atoms with Crippen molar-refractivity contribution in [3.05, 3.63) is 29.5 Å². The van der Waals surface area contributed by atoms with Gasteiger partial charge in [0.15, 0.2) is 5.69 Å². The number of benzene rings is 1. The summed E-state index contributed by atoms with van der Waals surface area (Å²) in [7, 11) is 1.86. The van der Waals surface area contributed by atoms with Gasteiger partial charge in [-0.1, -0.05) is 26.8 Å². The van der Waals surface area contributed by atoms with Gasteiger partial charge in [-0.2, -0.15) is 10.4 Å². The molecule has 0 aliphatic rings. The first-order valence-corrected chi connectivity index (χ1v) is 5.62. The summed E-state index contributed by atoms with van der Waals surface area (Å²) in [4.78, 5) is 0. The van der Waals surface area contributed by atoms with Crippen LogP contribution in [0.15, 0.2) is 18.2 Å². The van der Waals surface area contributed by atoms with Crippen molar-refractivity contribution in [1.82, 2.24) is 9.78 Å². The van der Waals surface area contributed by atoms with E-state index in [1.165, 1.54) is 5.56 Å².